The number of amidine groups is 1. The molecule has 1 atom stereocenters. The number of piperidine rings is 1. The fraction of sp³-hybridized carbons (Fsp3) is 0.500. The second-order valence-electron chi connectivity index (χ2n) is 7.62. The highest BCUT2D eigenvalue weighted by Gasteiger charge is 2.35. The van der Waals surface area contributed by atoms with E-state index in [1.54, 1.807) is 6.92 Å². The van der Waals surface area contributed by atoms with E-state index in [0.29, 0.717) is 49.5 Å². The normalized spacial score (nSPS) is 24.7. The van der Waals surface area contributed by atoms with Crippen LogP contribution in [0, 0.1) is 5.82 Å². The molecule has 0 unspecified atom stereocenters. The van der Waals surface area contributed by atoms with E-state index >= 15 is 0 Å². The van der Waals surface area contributed by atoms with Crippen molar-refractivity contribution in [1.82, 2.24) is 10.2 Å². The van der Waals surface area contributed by atoms with E-state index in [2.05, 4.69) is 9.71 Å². The zero-order chi connectivity index (χ0) is 20.6. The molecular weight excluding hydrogens is 397 g/mol. The third-order valence-electron chi connectivity index (χ3n) is 5.61. The van der Waals surface area contributed by atoms with Gasteiger partial charge in [-0.15, -0.1) is 4.40 Å². The number of halogens is 1. The van der Waals surface area contributed by atoms with Crippen LogP contribution in [0.3, 0.4) is 0 Å². The highest BCUT2D eigenvalue weighted by Crippen LogP contribution is 2.34. The molecule has 9 heteroatoms. The summed E-state index contributed by atoms with van der Waals surface area (Å²) in [7, 11) is -3.83. The molecule has 2 saturated heterocycles. The van der Waals surface area contributed by atoms with E-state index in [0.717, 1.165) is 12.8 Å². The van der Waals surface area contributed by atoms with Crippen LogP contribution in [0.4, 0.5) is 4.39 Å². The van der Waals surface area contributed by atoms with Crippen molar-refractivity contribution >= 4 is 26.7 Å². The van der Waals surface area contributed by atoms with Crippen LogP contribution < -0.4 is 5.32 Å². The molecule has 29 heavy (non-hydrogen) atoms. The van der Waals surface area contributed by atoms with Gasteiger partial charge in [0.05, 0.1) is 0 Å². The van der Waals surface area contributed by atoms with Crippen LogP contribution in [0.1, 0.15) is 38.2 Å². The van der Waals surface area contributed by atoms with Crippen LogP contribution in [0.2, 0.25) is 0 Å². The Bertz CT molecular complexity index is 958. The molecule has 4 rings (SSSR count). The minimum atomic E-state index is -3.83. The quantitative estimate of drug-likeness (QED) is 0.807. The van der Waals surface area contributed by atoms with Gasteiger partial charge in [0.15, 0.2) is 0 Å². The molecule has 0 spiro atoms. The van der Waals surface area contributed by atoms with Crippen LogP contribution in [-0.4, -0.2) is 56.9 Å². The molecule has 3 aliphatic heterocycles. The fourth-order valence-corrected chi connectivity index (χ4v) is 5.58. The summed E-state index contributed by atoms with van der Waals surface area (Å²) < 4.78 is 47.9. The van der Waals surface area contributed by atoms with E-state index in [4.69, 9.17) is 4.74 Å². The summed E-state index contributed by atoms with van der Waals surface area (Å²) in [5.74, 6) is -0.0414. The minimum absolute atomic E-state index is 0.0439. The van der Waals surface area contributed by atoms with E-state index in [-0.39, 0.29) is 23.0 Å². The number of sulfonamides is 1. The fourth-order valence-electron chi connectivity index (χ4n) is 4.10. The number of rotatable bonds is 3. The molecule has 0 bridgehead atoms. The van der Waals surface area contributed by atoms with E-state index in [1.165, 1.54) is 24.3 Å². The van der Waals surface area contributed by atoms with Crippen molar-refractivity contribution in [3.8, 4) is 0 Å². The monoisotopic (exact) mass is 421 g/mol. The Morgan fingerprint density at radius 2 is 1.90 bits per heavy atom. The molecule has 0 saturated carbocycles. The molecule has 0 aromatic heterocycles. The molecule has 3 aliphatic rings. The lowest BCUT2D eigenvalue weighted by Gasteiger charge is -2.34. The number of hydrogen-bond donors (Lipinski definition) is 1. The molecule has 1 aromatic carbocycles. The Labute approximate surface area is 169 Å². The topological polar surface area (TPSA) is 88.1 Å². The number of ether oxygens (including phenoxy) is 1. The zero-order valence-electron chi connectivity index (χ0n) is 16.2. The number of amides is 1. The number of hydrogen-bond acceptors (Lipinski definition) is 5. The van der Waals surface area contributed by atoms with Crippen molar-refractivity contribution in [3.63, 3.8) is 0 Å². The highest BCUT2D eigenvalue weighted by atomic mass is 32.2. The number of nitrogens with zero attached hydrogens (tertiary/aromatic N) is 2. The minimum Gasteiger partial charge on any atom is -0.368 e. The van der Waals surface area contributed by atoms with Gasteiger partial charge in [0, 0.05) is 31.3 Å². The number of benzene rings is 1. The van der Waals surface area contributed by atoms with Gasteiger partial charge >= 0.3 is 0 Å². The standard InChI is InChI=1S/C20H24FN3O4S/c1-13-18(14-4-6-15(21)7-5-14)29(26,27)23-19(13)24-10-8-16(9-11-24)22-20(25)17-3-2-12-28-17/h4-7,16-17H,2-3,8-12H2,1H3,(H,22,25)/t17-/m1/s1. The maximum Gasteiger partial charge on any atom is 0.285 e. The van der Waals surface area contributed by atoms with Crippen molar-refractivity contribution in [2.24, 2.45) is 4.40 Å². The van der Waals surface area contributed by atoms with Crippen LogP contribution in [0.25, 0.3) is 4.91 Å². The summed E-state index contributed by atoms with van der Waals surface area (Å²) in [6.07, 6.45) is 2.73. The average molecular weight is 421 g/mol. The van der Waals surface area contributed by atoms with Crippen molar-refractivity contribution in [1.29, 1.82) is 0 Å². The van der Waals surface area contributed by atoms with E-state index in [1.807, 2.05) is 4.90 Å². The lowest BCUT2D eigenvalue weighted by molar-refractivity contribution is -0.131. The lowest BCUT2D eigenvalue weighted by Crippen LogP contribution is -2.48. The first-order valence-corrected chi connectivity index (χ1v) is 11.3. The van der Waals surface area contributed by atoms with E-state index in [9.17, 15) is 17.6 Å². The van der Waals surface area contributed by atoms with Gasteiger partial charge in [0.25, 0.3) is 10.0 Å². The van der Waals surface area contributed by atoms with Gasteiger partial charge in [0.1, 0.15) is 22.7 Å². The predicted molar refractivity (Wildman–Crippen MR) is 107 cm³/mol. The van der Waals surface area contributed by atoms with E-state index < -0.39 is 15.8 Å². The third kappa shape index (κ3) is 4.06. The Morgan fingerprint density at radius 3 is 2.52 bits per heavy atom. The molecule has 7 nitrogen and oxygen atoms in total. The first kappa shape index (κ1) is 20.0. The third-order valence-corrected chi connectivity index (χ3v) is 7.08. The van der Waals surface area contributed by atoms with Crippen molar-refractivity contribution in [2.45, 2.75) is 44.8 Å². The largest absolute Gasteiger partial charge is 0.368 e. The number of carbonyl (C=O) groups excluding carboxylic acids is 1. The van der Waals surface area contributed by atoms with Gasteiger partial charge in [-0.2, -0.15) is 8.42 Å². The molecule has 2 fully saturated rings. The Morgan fingerprint density at radius 1 is 1.21 bits per heavy atom. The highest BCUT2D eigenvalue weighted by molar-refractivity contribution is 8.00. The summed E-state index contributed by atoms with van der Waals surface area (Å²) in [5.41, 5.74) is 1.000. The Hall–Kier alpha value is -2.26. The molecule has 156 valence electrons. The van der Waals surface area contributed by atoms with Gasteiger partial charge in [-0.1, -0.05) is 12.1 Å². The number of carbonyl (C=O) groups is 1. The molecular formula is C20H24FN3O4S. The zero-order valence-corrected chi connectivity index (χ0v) is 17.0. The second-order valence-corrected chi connectivity index (χ2v) is 9.16. The summed E-state index contributed by atoms with van der Waals surface area (Å²) in [5, 5.41) is 3.04. The maximum atomic E-state index is 13.2. The summed E-state index contributed by atoms with van der Waals surface area (Å²) in [4.78, 5) is 14.3. The Kier molecular flexibility index (Phi) is 5.44. The van der Waals surface area contributed by atoms with Crippen molar-refractivity contribution in [2.75, 3.05) is 19.7 Å². The second kappa shape index (κ2) is 7.87. The summed E-state index contributed by atoms with van der Waals surface area (Å²) >= 11 is 0. The molecule has 1 amide bonds. The van der Waals surface area contributed by atoms with Crippen molar-refractivity contribution < 1.29 is 22.3 Å². The predicted octanol–water partition coefficient (Wildman–Crippen LogP) is 2.06. The smallest absolute Gasteiger partial charge is 0.285 e. The molecule has 3 heterocycles. The molecule has 0 radical (unpaired) electrons. The van der Waals surface area contributed by atoms with Crippen LogP contribution in [-0.2, 0) is 19.6 Å². The van der Waals surface area contributed by atoms with Crippen LogP contribution in [0.15, 0.2) is 34.2 Å². The Balaban J connectivity index is 1.44. The van der Waals surface area contributed by atoms with Crippen LogP contribution >= 0.6 is 0 Å². The summed E-state index contributed by atoms with van der Waals surface area (Å²) in [6, 6.07) is 5.44. The molecule has 0 aliphatic carbocycles. The summed E-state index contributed by atoms with van der Waals surface area (Å²) in [6.45, 7) is 3.55. The average Bonchev–Trinajstić information content (AvgIpc) is 3.30. The lowest BCUT2D eigenvalue weighted by atomic mass is 10.0. The van der Waals surface area contributed by atoms with Crippen molar-refractivity contribution in [3.05, 3.63) is 41.2 Å². The van der Waals surface area contributed by atoms with Gasteiger partial charge in [-0.3, -0.25) is 4.79 Å². The van der Waals surface area contributed by atoms with Gasteiger partial charge in [-0.25, -0.2) is 4.39 Å². The van der Waals surface area contributed by atoms with Gasteiger partial charge in [0.2, 0.25) is 5.91 Å². The number of nitrogens with one attached hydrogen (secondary N) is 1. The SMILES string of the molecule is CC1=C(c2ccc(F)cc2)S(=O)(=O)N=C1N1CCC(NC(=O)[C@H]2CCCO2)CC1. The molecule has 1 N–H and O–H groups in total. The first-order chi connectivity index (χ1) is 13.8. The first-order valence-electron chi connectivity index (χ1n) is 9.84. The van der Waals surface area contributed by atoms with Gasteiger partial charge in [-0.05, 0) is 50.3 Å². The van der Waals surface area contributed by atoms with Crippen LogP contribution in [0.5, 0.6) is 0 Å². The molecule has 1 aromatic rings. The maximum absolute atomic E-state index is 13.2. The van der Waals surface area contributed by atoms with Gasteiger partial charge < -0.3 is 15.0 Å². The number of likely N-dealkylation sites (tertiary alicyclic amines) is 1.